The molecule has 232 valence electrons. The molecule has 0 N–H and O–H groups in total. The van der Waals surface area contributed by atoms with Crippen molar-refractivity contribution in [2.75, 3.05) is 9.71 Å². The van der Waals surface area contributed by atoms with Gasteiger partial charge < -0.3 is 14.4 Å². The molecule has 0 aromatic heterocycles. The van der Waals surface area contributed by atoms with Gasteiger partial charge in [-0.05, 0) is 98.0 Å². The molecule has 0 atom stereocenters. The summed E-state index contributed by atoms with van der Waals surface area (Å²) in [6, 6.07) is 63.7. The SMILES string of the molecule is c1ccc(-c2ccc(N3B4c5cccc6c5N(c5ccccc5O6)c5cc(-c6ccccc6)cc(c54)-c4c3ccc3ccccc43)cc2)cc1. The van der Waals surface area contributed by atoms with Gasteiger partial charge in [-0.2, -0.15) is 0 Å². The van der Waals surface area contributed by atoms with Crippen molar-refractivity contribution in [2.24, 2.45) is 0 Å². The van der Waals surface area contributed by atoms with Gasteiger partial charge in [-0.15, -0.1) is 0 Å². The van der Waals surface area contributed by atoms with Crippen LogP contribution < -0.4 is 25.4 Å². The van der Waals surface area contributed by atoms with Crippen molar-refractivity contribution >= 4 is 57.0 Å². The molecule has 0 aliphatic carbocycles. The van der Waals surface area contributed by atoms with E-state index >= 15 is 0 Å². The predicted octanol–water partition coefficient (Wildman–Crippen LogP) is 11.0. The van der Waals surface area contributed by atoms with Crippen molar-refractivity contribution in [3.63, 3.8) is 0 Å². The van der Waals surface area contributed by atoms with E-state index in [9.17, 15) is 0 Å². The highest BCUT2D eigenvalue weighted by molar-refractivity contribution is 6.93. The summed E-state index contributed by atoms with van der Waals surface area (Å²) in [4.78, 5) is 5.02. The number of para-hydroxylation sites is 3. The first kappa shape index (κ1) is 27.4. The van der Waals surface area contributed by atoms with Crippen LogP contribution in [0.1, 0.15) is 0 Å². The minimum atomic E-state index is -0.0823. The third-order valence-corrected chi connectivity index (χ3v) is 10.6. The Morgan fingerprint density at radius 1 is 0.460 bits per heavy atom. The van der Waals surface area contributed by atoms with Crippen LogP contribution in [0.15, 0.2) is 176 Å². The number of nitrogens with zero attached hydrogens (tertiary/aromatic N) is 2. The lowest BCUT2D eigenvalue weighted by atomic mass is 9.43. The van der Waals surface area contributed by atoms with Crippen molar-refractivity contribution < 1.29 is 4.74 Å². The van der Waals surface area contributed by atoms with Gasteiger partial charge in [-0.25, -0.2) is 0 Å². The number of fused-ring (bicyclic) bond motifs is 8. The molecule has 0 saturated heterocycles. The van der Waals surface area contributed by atoms with Crippen LogP contribution in [0.2, 0.25) is 0 Å². The van der Waals surface area contributed by atoms with E-state index < -0.39 is 0 Å². The quantitative estimate of drug-likeness (QED) is 0.180. The van der Waals surface area contributed by atoms with Gasteiger partial charge in [-0.1, -0.05) is 127 Å². The molecule has 8 aromatic rings. The minimum Gasteiger partial charge on any atom is -0.453 e. The molecule has 0 fully saturated rings. The summed E-state index contributed by atoms with van der Waals surface area (Å²) >= 11 is 0. The van der Waals surface area contributed by atoms with Gasteiger partial charge in [-0.3, -0.25) is 0 Å². The van der Waals surface area contributed by atoms with Crippen molar-refractivity contribution in [3.05, 3.63) is 176 Å². The fraction of sp³-hybridized carbons (Fsp3) is 0. The van der Waals surface area contributed by atoms with Crippen molar-refractivity contribution in [1.29, 1.82) is 0 Å². The normalized spacial score (nSPS) is 13.2. The third-order valence-electron chi connectivity index (χ3n) is 10.6. The Morgan fingerprint density at radius 3 is 1.96 bits per heavy atom. The summed E-state index contributed by atoms with van der Waals surface area (Å²) < 4.78 is 6.67. The van der Waals surface area contributed by atoms with Gasteiger partial charge in [0.05, 0.1) is 11.4 Å². The number of rotatable bonds is 3. The lowest BCUT2D eigenvalue weighted by molar-refractivity contribution is 0.477. The molecule has 3 nitrogen and oxygen atoms in total. The molecule has 4 heteroatoms. The number of ether oxygens (including phenoxy) is 1. The fourth-order valence-corrected chi connectivity index (χ4v) is 8.45. The van der Waals surface area contributed by atoms with E-state index in [0.717, 1.165) is 28.6 Å². The van der Waals surface area contributed by atoms with Crippen LogP contribution in [-0.2, 0) is 0 Å². The smallest absolute Gasteiger partial charge is 0.333 e. The molecule has 11 rings (SSSR count). The first-order chi connectivity index (χ1) is 24.8. The van der Waals surface area contributed by atoms with Crippen LogP contribution in [0.5, 0.6) is 11.5 Å². The topological polar surface area (TPSA) is 15.7 Å². The average molecular weight is 637 g/mol. The maximum atomic E-state index is 6.67. The zero-order valence-corrected chi connectivity index (χ0v) is 27.1. The Bertz CT molecular complexity index is 2640. The molecule has 0 amide bonds. The highest BCUT2D eigenvalue weighted by Gasteiger charge is 2.47. The molecular formula is C46H29BN2O. The van der Waals surface area contributed by atoms with E-state index in [1.165, 1.54) is 66.5 Å². The second-order valence-corrected chi connectivity index (χ2v) is 13.3. The Kier molecular flexibility index (Phi) is 5.76. The van der Waals surface area contributed by atoms with Crippen LogP contribution in [0.25, 0.3) is 44.2 Å². The number of hydrogen-bond acceptors (Lipinski definition) is 3. The maximum Gasteiger partial charge on any atom is 0.333 e. The van der Waals surface area contributed by atoms with E-state index in [4.69, 9.17) is 4.74 Å². The second kappa shape index (κ2) is 10.5. The van der Waals surface area contributed by atoms with E-state index in [2.05, 4.69) is 186 Å². The van der Waals surface area contributed by atoms with Gasteiger partial charge in [0.2, 0.25) is 0 Å². The highest BCUT2D eigenvalue weighted by atomic mass is 16.5. The summed E-state index contributed by atoms with van der Waals surface area (Å²) in [6.45, 7) is -0.0823. The first-order valence-corrected chi connectivity index (χ1v) is 17.2. The van der Waals surface area contributed by atoms with Gasteiger partial charge in [0, 0.05) is 22.6 Å². The Morgan fingerprint density at radius 2 is 1.14 bits per heavy atom. The fourth-order valence-electron chi connectivity index (χ4n) is 8.45. The Labute approximate surface area is 291 Å². The van der Waals surface area contributed by atoms with Gasteiger partial charge in [0.25, 0.3) is 0 Å². The van der Waals surface area contributed by atoms with Gasteiger partial charge in [0.1, 0.15) is 0 Å². The molecule has 0 bridgehead atoms. The Hall–Kier alpha value is -6.52. The van der Waals surface area contributed by atoms with E-state index in [1.54, 1.807) is 0 Å². The summed E-state index contributed by atoms with van der Waals surface area (Å²) in [7, 11) is 0. The predicted molar refractivity (Wildman–Crippen MR) is 209 cm³/mol. The third kappa shape index (κ3) is 3.87. The average Bonchev–Trinajstić information content (AvgIpc) is 3.19. The highest BCUT2D eigenvalue weighted by Crippen LogP contribution is 2.55. The molecular weight excluding hydrogens is 607 g/mol. The molecule has 0 unspecified atom stereocenters. The summed E-state index contributed by atoms with van der Waals surface area (Å²) in [5.41, 5.74) is 15.6. The van der Waals surface area contributed by atoms with Crippen molar-refractivity contribution in [3.8, 4) is 44.9 Å². The minimum absolute atomic E-state index is 0.0823. The van der Waals surface area contributed by atoms with Crippen LogP contribution in [0.3, 0.4) is 0 Å². The zero-order valence-electron chi connectivity index (χ0n) is 27.1. The monoisotopic (exact) mass is 636 g/mol. The maximum absolute atomic E-state index is 6.67. The number of anilines is 5. The Balaban J connectivity index is 1.26. The first-order valence-electron chi connectivity index (χ1n) is 17.2. The molecule has 0 radical (unpaired) electrons. The summed E-state index contributed by atoms with van der Waals surface area (Å²) in [5, 5.41) is 2.49. The zero-order chi connectivity index (χ0) is 32.8. The van der Waals surface area contributed by atoms with Crippen molar-refractivity contribution in [1.82, 2.24) is 0 Å². The number of hydrogen-bond donors (Lipinski definition) is 0. The summed E-state index contributed by atoms with van der Waals surface area (Å²) in [6.07, 6.45) is 0. The molecule has 3 aliphatic heterocycles. The molecule has 50 heavy (non-hydrogen) atoms. The summed E-state index contributed by atoms with van der Waals surface area (Å²) in [5.74, 6) is 1.74. The van der Waals surface area contributed by atoms with E-state index in [0.29, 0.717) is 0 Å². The molecule has 0 spiro atoms. The van der Waals surface area contributed by atoms with Gasteiger partial charge >= 0.3 is 6.85 Å². The van der Waals surface area contributed by atoms with Crippen LogP contribution >= 0.6 is 0 Å². The van der Waals surface area contributed by atoms with Crippen LogP contribution in [0.4, 0.5) is 28.4 Å². The van der Waals surface area contributed by atoms with Crippen LogP contribution in [0, 0.1) is 0 Å². The van der Waals surface area contributed by atoms with Crippen molar-refractivity contribution in [2.45, 2.75) is 0 Å². The molecule has 8 aromatic carbocycles. The largest absolute Gasteiger partial charge is 0.453 e. The van der Waals surface area contributed by atoms with Crippen LogP contribution in [-0.4, -0.2) is 6.85 Å². The standard InChI is InChI=1S/C46H29BN2O/c1-3-12-30(13-4-1)32-22-25-35(26-23-32)49-40-27-24-33-16-7-8-17-36(33)44(40)37-28-34(31-14-5-2-6-15-31)29-41-45(37)47(49)38-18-11-21-43-46(38)48(41)39-19-9-10-20-42(39)50-43/h1-29H. The molecule has 3 heterocycles. The molecule has 3 aliphatic rings. The van der Waals surface area contributed by atoms with Gasteiger partial charge in [0.15, 0.2) is 11.5 Å². The van der Waals surface area contributed by atoms with E-state index in [1.807, 2.05) is 0 Å². The second-order valence-electron chi connectivity index (χ2n) is 13.3. The lowest BCUT2D eigenvalue weighted by Gasteiger charge is -2.47. The molecule has 0 saturated carbocycles. The number of benzene rings is 8. The van der Waals surface area contributed by atoms with E-state index in [-0.39, 0.29) is 6.85 Å². The lowest BCUT2D eigenvalue weighted by Crippen LogP contribution is -2.61.